The Hall–Kier alpha value is -0.0800. The van der Waals surface area contributed by atoms with Crippen LogP contribution in [-0.4, -0.2) is 17.5 Å². The minimum Gasteiger partial charge on any atom is -0.368 e. The van der Waals surface area contributed by atoms with Crippen molar-refractivity contribution in [3.8, 4) is 0 Å². The quantitative estimate of drug-likeness (QED) is 0.645. The summed E-state index contributed by atoms with van der Waals surface area (Å²) in [4.78, 5) is 0. The van der Waals surface area contributed by atoms with Crippen molar-refractivity contribution in [2.75, 3.05) is 0 Å². The molecule has 1 aliphatic heterocycles. The van der Waals surface area contributed by atoms with E-state index in [4.69, 9.17) is 9.84 Å². The zero-order chi connectivity index (χ0) is 8.81. The van der Waals surface area contributed by atoms with Crippen molar-refractivity contribution in [1.82, 2.24) is 0 Å². The van der Waals surface area contributed by atoms with Gasteiger partial charge >= 0.3 is 0 Å². The standard InChI is InChI=1S/C10H20O2/c1-2-3-4-5-6-9-7-8-10(11)12-9/h9-11H,2-8H2,1H3. The lowest BCUT2D eigenvalue weighted by molar-refractivity contribution is -0.0920. The monoisotopic (exact) mass is 172 g/mol. The zero-order valence-electron chi connectivity index (χ0n) is 7.96. The molecule has 12 heavy (non-hydrogen) atoms. The van der Waals surface area contributed by atoms with E-state index in [1.54, 1.807) is 0 Å². The van der Waals surface area contributed by atoms with Gasteiger partial charge in [0.25, 0.3) is 0 Å². The molecule has 1 heterocycles. The summed E-state index contributed by atoms with van der Waals surface area (Å²) in [6.45, 7) is 2.22. The van der Waals surface area contributed by atoms with Gasteiger partial charge in [0.05, 0.1) is 6.10 Å². The molecule has 72 valence electrons. The number of unbranched alkanes of at least 4 members (excludes halogenated alkanes) is 3. The fraction of sp³-hybridized carbons (Fsp3) is 1.00. The average Bonchev–Trinajstić information content (AvgIpc) is 2.45. The normalized spacial score (nSPS) is 29.5. The predicted molar refractivity (Wildman–Crippen MR) is 48.9 cm³/mol. The van der Waals surface area contributed by atoms with E-state index in [9.17, 15) is 0 Å². The molecule has 0 amide bonds. The molecular weight excluding hydrogens is 152 g/mol. The molecule has 2 unspecified atom stereocenters. The van der Waals surface area contributed by atoms with Gasteiger partial charge in [-0.05, 0) is 12.8 Å². The van der Waals surface area contributed by atoms with E-state index in [-0.39, 0.29) is 0 Å². The second-order valence-corrected chi connectivity index (χ2v) is 3.64. The number of ether oxygens (including phenoxy) is 1. The molecule has 1 fully saturated rings. The van der Waals surface area contributed by atoms with Crippen molar-refractivity contribution >= 4 is 0 Å². The van der Waals surface area contributed by atoms with E-state index in [1.165, 1.54) is 25.7 Å². The van der Waals surface area contributed by atoms with Crippen molar-refractivity contribution in [3.63, 3.8) is 0 Å². The van der Waals surface area contributed by atoms with Gasteiger partial charge in [-0.1, -0.05) is 32.6 Å². The van der Waals surface area contributed by atoms with Gasteiger partial charge < -0.3 is 9.84 Å². The molecule has 1 N–H and O–H groups in total. The highest BCUT2D eigenvalue weighted by atomic mass is 16.6. The van der Waals surface area contributed by atoms with Crippen LogP contribution in [0.4, 0.5) is 0 Å². The number of aliphatic hydroxyl groups excluding tert-OH is 1. The molecule has 1 aliphatic rings. The topological polar surface area (TPSA) is 29.5 Å². The Labute approximate surface area is 74.9 Å². The Morgan fingerprint density at radius 2 is 2.08 bits per heavy atom. The van der Waals surface area contributed by atoms with Crippen LogP contribution in [0.3, 0.4) is 0 Å². The summed E-state index contributed by atoms with van der Waals surface area (Å²) >= 11 is 0. The molecule has 2 atom stereocenters. The third kappa shape index (κ3) is 3.55. The third-order valence-electron chi connectivity index (χ3n) is 2.46. The first kappa shape index (κ1) is 10.0. The minimum absolute atomic E-state index is 0.344. The van der Waals surface area contributed by atoms with Crippen LogP contribution in [0.1, 0.15) is 51.9 Å². The SMILES string of the molecule is CCCCCCC1CCC(O)O1. The average molecular weight is 172 g/mol. The maximum Gasteiger partial charge on any atom is 0.154 e. The summed E-state index contributed by atoms with van der Waals surface area (Å²) in [7, 11) is 0. The minimum atomic E-state index is -0.471. The Morgan fingerprint density at radius 1 is 1.25 bits per heavy atom. The van der Waals surface area contributed by atoms with Crippen LogP contribution in [0.15, 0.2) is 0 Å². The van der Waals surface area contributed by atoms with Crippen molar-refractivity contribution in [1.29, 1.82) is 0 Å². The van der Waals surface area contributed by atoms with E-state index in [0.29, 0.717) is 6.10 Å². The van der Waals surface area contributed by atoms with Crippen LogP contribution in [0.5, 0.6) is 0 Å². The fourth-order valence-electron chi connectivity index (χ4n) is 1.70. The third-order valence-corrected chi connectivity index (χ3v) is 2.46. The zero-order valence-corrected chi connectivity index (χ0v) is 7.96. The van der Waals surface area contributed by atoms with E-state index in [2.05, 4.69) is 6.92 Å². The van der Waals surface area contributed by atoms with Crippen LogP contribution in [0, 0.1) is 0 Å². The first-order valence-corrected chi connectivity index (χ1v) is 5.16. The van der Waals surface area contributed by atoms with Crippen LogP contribution in [0.2, 0.25) is 0 Å². The molecule has 2 heteroatoms. The molecule has 0 spiro atoms. The first-order chi connectivity index (χ1) is 5.83. The fourth-order valence-corrected chi connectivity index (χ4v) is 1.70. The summed E-state index contributed by atoms with van der Waals surface area (Å²) in [5.41, 5.74) is 0. The van der Waals surface area contributed by atoms with E-state index < -0.39 is 6.29 Å². The molecular formula is C10H20O2. The summed E-state index contributed by atoms with van der Waals surface area (Å²) in [6.07, 6.45) is 8.07. The maximum absolute atomic E-state index is 9.08. The Bertz CT molecular complexity index is 114. The van der Waals surface area contributed by atoms with Gasteiger partial charge in [-0.25, -0.2) is 0 Å². The summed E-state index contributed by atoms with van der Waals surface area (Å²) in [5.74, 6) is 0. The summed E-state index contributed by atoms with van der Waals surface area (Å²) < 4.78 is 5.30. The summed E-state index contributed by atoms with van der Waals surface area (Å²) in [6, 6.07) is 0. The van der Waals surface area contributed by atoms with Gasteiger partial charge in [0.1, 0.15) is 0 Å². The number of hydrogen-bond donors (Lipinski definition) is 1. The number of hydrogen-bond acceptors (Lipinski definition) is 2. The highest BCUT2D eigenvalue weighted by molar-refractivity contribution is 4.66. The van der Waals surface area contributed by atoms with Gasteiger partial charge in [0, 0.05) is 6.42 Å². The highest BCUT2D eigenvalue weighted by Crippen LogP contribution is 2.22. The van der Waals surface area contributed by atoms with Gasteiger partial charge in [-0.3, -0.25) is 0 Å². The maximum atomic E-state index is 9.08. The summed E-state index contributed by atoms with van der Waals surface area (Å²) in [5, 5.41) is 9.08. The van der Waals surface area contributed by atoms with Gasteiger partial charge in [0.15, 0.2) is 6.29 Å². The lowest BCUT2D eigenvalue weighted by Crippen LogP contribution is -2.09. The first-order valence-electron chi connectivity index (χ1n) is 5.16. The second-order valence-electron chi connectivity index (χ2n) is 3.64. The molecule has 1 rings (SSSR count). The number of aliphatic hydroxyl groups is 1. The predicted octanol–water partition coefficient (Wildman–Crippen LogP) is 2.45. The van der Waals surface area contributed by atoms with Crippen LogP contribution < -0.4 is 0 Å². The molecule has 0 aromatic heterocycles. The van der Waals surface area contributed by atoms with Crippen LogP contribution in [0.25, 0.3) is 0 Å². The van der Waals surface area contributed by atoms with Gasteiger partial charge in [0.2, 0.25) is 0 Å². The lowest BCUT2D eigenvalue weighted by atomic mass is 10.1. The van der Waals surface area contributed by atoms with Gasteiger partial charge in [-0.15, -0.1) is 0 Å². The van der Waals surface area contributed by atoms with Gasteiger partial charge in [-0.2, -0.15) is 0 Å². The largest absolute Gasteiger partial charge is 0.368 e. The van der Waals surface area contributed by atoms with Crippen molar-refractivity contribution in [2.24, 2.45) is 0 Å². The molecule has 0 radical (unpaired) electrons. The van der Waals surface area contributed by atoms with E-state index in [1.807, 2.05) is 0 Å². The molecule has 2 nitrogen and oxygen atoms in total. The Kier molecular flexibility index (Phi) is 4.62. The molecule has 0 aromatic rings. The number of rotatable bonds is 5. The Morgan fingerprint density at radius 3 is 2.67 bits per heavy atom. The van der Waals surface area contributed by atoms with Crippen molar-refractivity contribution in [2.45, 2.75) is 64.3 Å². The molecule has 0 aliphatic carbocycles. The van der Waals surface area contributed by atoms with Crippen molar-refractivity contribution < 1.29 is 9.84 Å². The Balaban J connectivity index is 1.93. The molecule has 0 saturated carbocycles. The van der Waals surface area contributed by atoms with Crippen LogP contribution >= 0.6 is 0 Å². The molecule has 0 bridgehead atoms. The van der Waals surface area contributed by atoms with Crippen molar-refractivity contribution in [3.05, 3.63) is 0 Å². The smallest absolute Gasteiger partial charge is 0.154 e. The molecule has 1 saturated heterocycles. The highest BCUT2D eigenvalue weighted by Gasteiger charge is 2.22. The molecule has 0 aromatic carbocycles. The van der Waals surface area contributed by atoms with E-state index in [0.717, 1.165) is 19.3 Å². The second kappa shape index (κ2) is 5.55. The van der Waals surface area contributed by atoms with E-state index >= 15 is 0 Å². The van der Waals surface area contributed by atoms with Crippen LogP contribution in [-0.2, 0) is 4.74 Å². The lowest BCUT2D eigenvalue weighted by Gasteiger charge is -2.09.